The summed E-state index contributed by atoms with van der Waals surface area (Å²) in [5.41, 5.74) is 1.41. The van der Waals surface area contributed by atoms with E-state index in [0.717, 1.165) is 12.0 Å². The van der Waals surface area contributed by atoms with Crippen LogP contribution in [-0.4, -0.2) is 43.9 Å². The number of ketones is 1. The van der Waals surface area contributed by atoms with Crippen LogP contribution in [-0.2, 0) is 9.53 Å². The molecule has 0 saturated carbocycles. The normalized spacial score (nSPS) is 20.2. The summed E-state index contributed by atoms with van der Waals surface area (Å²) in [6.07, 6.45) is 0.292. The van der Waals surface area contributed by atoms with Crippen molar-refractivity contribution in [2.45, 2.75) is 19.4 Å². The van der Waals surface area contributed by atoms with Crippen molar-refractivity contribution in [3.05, 3.63) is 65.7 Å². The Morgan fingerprint density at radius 1 is 1.11 bits per heavy atom. The number of ether oxygens (including phenoxy) is 2. The number of carbonyl (C=O) groups is 2. The van der Waals surface area contributed by atoms with Gasteiger partial charge >= 0.3 is 0 Å². The maximum atomic E-state index is 13.3. The predicted octanol–water partition coefficient (Wildman–Crippen LogP) is 3.75. The zero-order valence-electron chi connectivity index (χ0n) is 16.6. The molecule has 2 aromatic rings. The highest BCUT2D eigenvalue weighted by Crippen LogP contribution is 2.41. The molecule has 1 amide bonds. The smallest absolute Gasteiger partial charge is 0.229 e. The number of amides is 1. The first-order valence-electron chi connectivity index (χ1n) is 9.66. The number of para-hydroxylation sites is 1. The number of hydrogen-bond acceptors (Lipinski definition) is 4. The molecule has 1 saturated heterocycles. The molecule has 28 heavy (non-hydrogen) atoms. The molecule has 3 atom stereocenters. The number of hydrogen-bond donors (Lipinski definition) is 0. The van der Waals surface area contributed by atoms with Crippen molar-refractivity contribution < 1.29 is 19.1 Å². The van der Waals surface area contributed by atoms with Crippen LogP contribution in [0.4, 0.5) is 0 Å². The van der Waals surface area contributed by atoms with Gasteiger partial charge in [0, 0.05) is 31.3 Å². The van der Waals surface area contributed by atoms with Crippen LogP contribution in [0.2, 0.25) is 0 Å². The lowest BCUT2D eigenvalue weighted by Gasteiger charge is -2.26. The molecule has 0 aliphatic carbocycles. The van der Waals surface area contributed by atoms with Crippen molar-refractivity contribution in [3.8, 4) is 5.75 Å². The molecule has 5 nitrogen and oxygen atoms in total. The SMILES string of the molecule is CCCN1C[C@@H](C(=O)c2ccccc2)[C@H](C(OC)c2ccccc2OC)C1=O. The van der Waals surface area contributed by atoms with Crippen LogP contribution >= 0.6 is 0 Å². The van der Waals surface area contributed by atoms with Crippen LogP contribution in [0.25, 0.3) is 0 Å². The van der Waals surface area contributed by atoms with Gasteiger partial charge in [-0.25, -0.2) is 0 Å². The Morgan fingerprint density at radius 3 is 2.43 bits per heavy atom. The second-order valence-electron chi connectivity index (χ2n) is 7.05. The van der Waals surface area contributed by atoms with E-state index in [0.29, 0.717) is 24.4 Å². The van der Waals surface area contributed by atoms with Crippen LogP contribution in [0.3, 0.4) is 0 Å². The zero-order chi connectivity index (χ0) is 20.1. The number of methoxy groups -OCH3 is 2. The van der Waals surface area contributed by atoms with Crippen molar-refractivity contribution in [2.24, 2.45) is 11.8 Å². The number of likely N-dealkylation sites (tertiary alicyclic amines) is 1. The molecule has 0 aromatic heterocycles. The Hall–Kier alpha value is -2.66. The second-order valence-corrected chi connectivity index (χ2v) is 7.05. The van der Waals surface area contributed by atoms with Gasteiger partial charge in [0.2, 0.25) is 5.91 Å². The minimum Gasteiger partial charge on any atom is -0.496 e. The van der Waals surface area contributed by atoms with Crippen LogP contribution in [0.1, 0.15) is 35.4 Å². The minimum absolute atomic E-state index is 0.0190. The van der Waals surface area contributed by atoms with Gasteiger partial charge in [0.05, 0.1) is 25.0 Å². The third-order valence-corrected chi connectivity index (χ3v) is 5.36. The highest BCUT2D eigenvalue weighted by molar-refractivity contribution is 6.02. The summed E-state index contributed by atoms with van der Waals surface area (Å²) in [7, 11) is 3.18. The fourth-order valence-corrected chi connectivity index (χ4v) is 4.07. The summed E-state index contributed by atoms with van der Waals surface area (Å²) < 4.78 is 11.3. The van der Waals surface area contributed by atoms with E-state index in [1.807, 2.05) is 49.4 Å². The fraction of sp³-hybridized carbons (Fsp3) is 0.391. The van der Waals surface area contributed by atoms with Crippen LogP contribution in [0.5, 0.6) is 5.75 Å². The third kappa shape index (κ3) is 3.80. The Morgan fingerprint density at radius 2 is 1.79 bits per heavy atom. The lowest BCUT2D eigenvalue weighted by Crippen LogP contribution is -2.32. The van der Waals surface area contributed by atoms with Gasteiger partial charge in [0.25, 0.3) is 0 Å². The topological polar surface area (TPSA) is 55.8 Å². The maximum absolute atomic E-state index is 13.3. The third-order valence-electron chi connectivity index (χ3n) is 5.36. The molecule has 2 aromatic carbocycles. The van der Waals surface area contributed by atoms with Crippen molar-refractivity contribution >= 4 is 11.7 Å². The zero-order valence-corrected chi connectivity index (χ0v) is 16.6. The molecule has 0 bridgehead atoms. The average molecular weight is 381 g/mol. The highest BCUT2D eigenvalue weighted by atomic mass is 16.5. The van der Waals surface area contributed by atoms with E-state index >= 15 is 0 Å². The lowest BCUT2D eigenvalue weighted by molar-refractivity contribution is -0.135. The Labute approximate surface area is 166 Å². The van der Waals surface area contributed by atoms with Gasteiger partial charge in [0.1, 0.15) is 5.75 Å². The molecule has 1 unspecified atom stereocenters. The van der Waals surface area contributed by atoms with E-state index < -0.39 is 17.9 Å². The standard InChI is InChI=1S/C23H27NO4/c1-4-14-24-15-18(21(25)16-10-6-5-7-11-16)20(23(24)26)22(28-3)17-12-8-9-13-19(17)27-2/h5-13,18,20,22H,4,14-15H2,1-3H3/t18-,20-,22?/m1/s1. The predicted molar refractivity (Wildman–Crippen MR) is 107 cm³/mol. The van der Waals surface area contributed by atoms with Crippen molar-refractivity contribution in [1.82, 2.24) is 4.90 Å². The average Bonchev–Trinajstić information content (AvgIpc) is 3.06. The molecule has 1 aliphatic heterocycles. The van der Waals surface area contributed by atoms with Gasteiger partial charge in [-0.1, -0.05) is 55.5 Å². The molecular formula is C23H27NO4. The largest absolute Gasteiger partial charge is 0.496 e. The van der Waals surface area contributed by atoms with Gasteiger partial charge in [-0.05, 0) is 12.5 Å². The molecule has 0 radical (unpaired) electrons. The Balaban J connectivity index is 2.02. The number of nitrogens with zero attached hydrogens (tertiary/aromatic N) is 1. The number of benzene rings is 2. The quantitative estimate of drug-likeness (QED) is 0.654. The van der Waals surface area contributed by atoms with Crippen molar-refractivity contribution in [3.63, 3.8) is 0 Å². The van der Waals surface area contributed by atoms with Gasteiger partial charge < -0.3 is 14.4 Å². The molecule has 0 spiro atoms. The van der Waals surface area contributed by atoms with Crippen LogP contribution in [0, 0.1) is 11.8 Å². The van der Waals surface area contributed by atoms with Gasteiger partial charge in [-0.2, -0.15) is 0 Å². The summed E-state index contributed by atoms with van der Waals surface area (Å²) in [5, 5.41) is 0. The summed E-state index contributed by atoms with van der Waals surface area (Å²) in [6.45, 7) is 3.08. The summed E-state index contributed by atoms with van der Waals surface area (Å²) in [6, 6.07) is 16.7. The second kappa shape index (κ2) is 9.02. The van der Waals surface area contributed by atoms with E-state index in [-0.39, 0.29) is 11.7 Å². The number of Topliss-reactive ketones (excluding diaryl/α,β-unsaturated/α-hetero) is 1. The first kappa shape index (κ1) is 20.1. The van der Waals surface area contributed by atoms with E-state index in [4.69, 9.17) is 9.47 Å². The van der Waals surface area contributed by atoms with E-state index in [1.165, 1.54) is 0 Å². The van der Waals surface area contributed by atoms with Gasteiger partial charge in [-0.3, -0.25) is 9.59 Å². The summed E-state index contributed by atoms with van der Waals surface area (Å²) in [4.78, 5) is 28.4. The number of rotatable bonds is 8. The van der Waals surface area contributed by atoms with Gasteiger partial charge in [-0.15, -0.1) is 0 Å². The maximum Gasteiger partial charge on any atom is 0.229 e. The molecule has 5 heteroatoms. The van der Waals surface area contributed by atoms with Crippen molar-refractivity contribution in [2.75, 3.05) is 27.3 Å². The summed E-state index contributed by atoms with van der Waals surface area (Å²) >= 11 is 0. The first-order chi connectivity index (χ1) is 13.6. The minimum atomic E-state index is -0.583. The van der Waals surface area contributed by atoms with Crippen LogP contribution in [0.15, 0.2) is 54.6 Å². The molecule has 1 fully saturated rings. The Bertz CT molecular complexity index is 820. The number of carbonyl (C=O) groups excluding carboxylic acids is 2. The molecule has 0 N–H and O–H groups in total. The van der Waals surface area contributed by atoms with E-state index in [9.17, 15) is 9.59 Å². The Kier molecular flexibility index (Phi) is 6.47. The lowest BCUT2D eigenvalue weighted by atomic mass is 9.82. The van der Waals surface area contributed by atoms with Crippen molar-refractivity contribution in [1.29, 1.82) is 0 Å². The first-order valence-corrected chi connectivity index (χ1v) is 9.66. The molecule has 148 valence electrons. The van der Waals surface area contributed by atoms with E-state index in [1.54, 1.807) is 31.3 Å². The van der Waals surface area contributed by atoms with Gasteiger partial charge in [0.15, 0.2) is 5.78 Å². The fourth-order valence-electron chi connectivity index (χ4n) is 4.07. The van der Waals surface area contributed by atoms with E-state index in [2.05, 4.69) is 0 Å². The van der Waals surface area contributed by atoms with Crippen LogP contribution < -0.4 is 4.74 Å². The molecular weight excluding hydrogens is 354 g/mol. The molecule has 1 aliphatic rings. The molecule has 1 heterocycles. The highest BCUT2D eigenvalue weighted by Gasteiger charge is 2.49. The summed E-state index contributed by atoms with van der Waals surface area (Å²) in [5.74, 6) is -0.442. The molecule has 3 rings (SSSR count). The monoisotopic (exact) mass is 381 g/mol.